The fourth-order valence-corrected chi connectivity index (χ4v) is 4.64. The summed E-state index contributed by atoms with van der Waals surface area (Å²) in [4.78, 5) is 20.5. The second-order valence-electron chi connectivity index (χ2n) is 8.15. The molecular formula is C27H28N2O3S. The normalized spacial score (nSPS) is 16.4. The lowest BCUT2D eigenvalue weighted by molar-refractivity contribution is -0.122. The van der Waals surface area contributed by atoms with Crippen LogP contribution in [0.1, 0.15) is 49.1 Å². The van der Waals surface area contributed by atoms with Crippen LogP contribution in [0.4, 0.5) is 5.69 Å². The Morgan fingerprint density at radius 3 is 2.61 bits per heavy atom. The molecule has 0 unspecified atom stereocenters. The molecule has 0 spiro atoms. The van der Waals surface area contributed by atoms with Crippen LogP contribution >= 0.6 is 11.8 Å². The molecule has 5 nitrogen and oxygen atoms in total. The summed E-state index contributed by atoms with van der Waals surface area (Å²) in [5.74, 6) is 1.85. The fraction of sp³-hybridized carbons (Fsp3) is 0.259. The molecule has 1 amide bonds. The lowest BCUT2D eigenvalue weighted by atomic mass is 9.96. The Morgan fingerprint density at radius 2 is 1.94 bits per heavy atom. The van der Waals surface area contributed by atoms with Gasteiger partial charge in [-0.3, -0.25) is 9.69 Å². The summed E-state index contributed by atoms with van der Waals surface area (Å²) >= 11 is 1.39. The minimum Gasteiger partial charge on any atom is -0.494 e. The van der Waals surface area contributed by atoms with Gasteiger partial charge in [-0.05, 0) is 90.7 Å². The zero-order valence-electron chi connectivity index (χ0n) is 19.4. The first-order valence-electron chi connectivity index (χ1n) is 11.1. The maximum Gasteiger partial charge on any atom is 0.267 e. The third-order valence-electron chi connectivity index (χ3n) is 5.37. The first-order valence-corrected chi connectivity index (χ1v) is 11.9. The molecule has 1 aromatic heterocycles. The summed E-state index contributed by atoms with van der Waals surface area (Å²) in [6, 6.07) is 17.6. The van der Waals surface area contributed by atoms with Gasteiger partial charge in [-0.1, -0.05) is 32.0 Å². The molecule has 1 saturated heterocycles. The van der Waals surface area contributed by atoms with Gasteiger partial charge in [0.15, 0.2) is 5.17 Å². The highest BCUT2D eigenvalue weighted by Gasteiger charge is 2.34. The molecule has 0 atom stereocenters. The molecule has 2 heterocycles. The molecule has 0 N–H and O–H groups in total. The summed E-state index contributed by atoms with van der Waals surface area (Å²) in [6.07, 6.45) is 3.58. The number of furan rings is 1. The number of aliphatic imine (C=N–C) groups is 1. The van der Waals surface area contributed by atoms with E-state index < -0.39 is 0 Å². The number of thioether (sulfide) groups is 1. The van der Waals surface area contributed by atoms with Gasteiger partial charge in [0.1, 0.15) is 11.5 Å². The maximum atomic E-state index is 13.4. The smallest absolute Gasteiger partial charge is 0.267 e. The van der Waals surface area contributed by atoms with Gasteiger partial charge in [-0.2, -0.15) is 0 Å². The van der Waals surface area contributed by atoms with Crippen molar-refractivity contribution in [2.45, 2.75) is 40.2 Å². The van der Waals surface area contributed by atoms with Gasteiger partial charge in [0.05, 0.1) is 30.0 Å². The molecule has 1 aliphatic rings. The number of ether oxygens (including phenoxy) is 1. The van der Waals surface area contributed by atoms with Crippen molar-refractivity contribution in [1.29, 1.82) is 0 Å². The summed E-state index contributed by atoms with van der Waals surface area (Å²) in [7, 11) is 0. The Kier molecular flexibility index (Phi) is 7.04. The van der Waals surface area contributed by atoms with Gasteiger partial charge in [0, 0.05) is 0 Å². The number of carbonyl (C=O) groups is 1. The van der Waals surface area contributed by atoms with E-state index in [4.69, 9.17) is 14.1 Å². The van der Waals surface area contributed by atoms with E-state index in [9.17, 15) is 4.79 Å². The van der Waals surface area contributed by atoms with Gasteiger partial charge < -0.3 is 9.15 Å². The number of amides is 1. The minimum absolute atomic E-state index is 0.0783. The van der Waals surface area contributed by atoms with Crippen LogP contribution in [0.25, 0.3) is 6.08 Å². The zero-order chi connectivity index (χ0) is 23.4. The summed E-state index contributed by atoms with van der Waals surface area (Å²) in [5.41, 5.74) is 4.01. The molecule has 0 bridgehead atoms. The molecule has 1 fully saturated rings. The molecule has 33 heavy (non-hydrogen) atoms. The van der Waals surface area contributed by atoms with E-state index in [0.717, 1.165) is 28.1 Å². The molecule has 6 heteroatoms. The van der Waals surface area contributed by atoms with Gasteiger partial charge in [-0.25, -0.2) is 4.99 Å². The van der Waals surface area contributed by atoms with Crippen LogP contribution in [0.5, 0.6) is 5.75 Å². The highest BCUT2D eigenvalue weighted by atomic mass is 32.2. The van der Waals surface area contributed by atoms with E-state index in [-0.39, 0.29) is 5.91 Å². The van der Waals surface area contributed by atoms with Crippen LogP contribution in [-0.4, -0.2) is 22.6 Å². The molecule has 3 aromatic rings. The average molecular weight is 461 g/mol. The van der Waals surface area contributed by atoms with Crippen LogP contribution < -0.4 is 4.74 Å². The van der Waals surface area contributed by atoms with Gasteiger partial charge >= 0.3 is 0 Å². The third-order valence-corrected chi connectivity index (χ3v) is 6.38. The summed E-state index contributed by atoms with van der Waals surface area (Å²) in [6.45, 7) is 9.29. The Labute approximate surface area is 199 Å². The van der Waals surface area contributed by atoms with Crippen LogP contribution in [0, 0.1) is 6.92 Å². The lowest BCUT2D eigenvalue weighted by Gasteiger charge is -2.16. The van der Waals surface area contributed by atoms with Gasteiger partial charge in [0.25, 0.3) is 5.91 Å². The van der Waals surface area contributed by atoms with Crippen molar-refractivity contribution in [1.82, 2.24) is 4.90 Å². The monoisotopic (exact) mass is 460 g/mol. The largest absolute Gasteiger partial charge is 0.494 e. The van der Waals surface area contributed by atoms with E-state index in [1.165, 1.54) is 11.8 Å². The van der Waals surface area contributed by atoms with Crippen molar-refractivity contribution in [3.8, 4) is 5.75 Å². The Bertz CT molecular complexity index is 1180. The van der Waals surface area contributed by atoms with E-state index in [1.54, 1.807) is 11.2 Å². The maximum absolute atomic E-state index is 13.4. The molecule has 0 aliphatic carbocycles. The summed E-state index contributed by atoms with van der Waals surface area (Å²) in [5, 5.41) is 0.640. The Hall–Kier alpha value is -3.25. The van der Waals surface area contributed by atoms with Crippen molar-refractivity contribution < 1.29 is 13.9 Å². The van der Waals surface area contributed by atoms with Crippen molar-refractivity contribution in [3.05, 3.63) is 88.2 Å². The zero-order valence-corrected chi connectivity index (χ0v) is 20.2. The predicted octanol–water partition coefficient (Wildman–Crippen LogP) is 6.91. The number of para-hydroxylation sites is 1. The average Bonchev–Trinajstić information content (AvgIpc) is 3.40. The van der Waals surface area contributed by atoms with Crippen LogP contribution in [0.2, 0.25) is 0 Å². The summed E-state index contributed by atoms with van der Waals surface area (Å²) < 4.78 is 11.4. The quantitative estimate of drug-likeness (QED) is 0.359. The minimum atomic E-state index is -0.0783. The molecule has 0 radical (unpaired) electrons. The number of rotatable bonds is 7. The number of hydrogen-bond acceptors (Lipinski definition) is 5. The molecule has 2 aromatic carbocycles. The fourth-order valence-electron chi connectivity index (χ4n) is 3.65. The molecular weight excluding hydrogens is 432 g/mol. The number of amidine groups is 1. The van der Waals surface area contributed by atoms with Crippen molar-refractivity contribution in [2.24, 2.45) is 4.99 Å². The van der Waals surface area contributed by atoms with Crippen molar-refractivity contribution in [2.75, 3.05) is 6.61 Å². The third kappa shape index (κ3) is 5.22. The molecule has 0 saturated carbocycles. The SMILES string of the molecule is CCOc1cc(C)c(C=C2SC(=Nc3ccccc3)N(Cc3ccco3)C2=O)cc1C(C)C. The topological polar surface area (TPSA) is 55.0 Å². The number of hydrogen-bond donors (Lipinski definition) is 0. The Balaban J connectivity index is 1.73. The standard InChI is InChI=1S/C27H28N2O3S/c1-5-31-24-14-19(4)20(15-23(24)18(2)3)16-25-26(30)29(17-22-12-9-13-32-22)27(33-25)28-21-10-7-6-8-11-21/h6-16,18H,5,17H2,1-4H3. The second-order valence-corrected chi connectivity index (χ2v) is 9.15. The first kappa shape index (κ1) is 22.9. The van der Waals surface area contributed by atoms with Crippen LogP contribution in [-0.2, 0) is 11.3 Å². The van der Waals surface area contributed by atoms with E-state index in [2.05, 4.69) is 26.0 Å². The predicted molar refractivity (Wildman–Crippen MR) is 135 cm³/mol. The number of carbonyl (C=O) groups excluding carboxylic acids is 1. The molecule has 1 aliphatic heterocycles. The number of benzene rings is 2. The van der Waals surface area contributed by atoms with E-state index >= 15 is 0 Å². The molecule has 4 rings (SSSR count). The first-order chi connectivity index (χ1) is 16.0. The van der Waals surface area contributed by atoms with Crippen molar-refractivity contribution >= 4 is 34.6 Å². The highest BCUT2D eigenvalue weighted by molar-refractivity contribution is 8.18. The van der Waals surface area contributed by atoms with Crippen LogP contribution in [0.3, 0.4) is 0 Å². The highest BCUT2D eigenvalue weighted by Crippen LogP contribution is 2.37. The van der Waals surface area contributed by atoms with Gasteiger partial charge in [-0.15, -0.1) is 0 Å². The number of aryl methyl sites for hydroxylation is 1. The Morgan fingerprint density at radius 1 is 1.15 bits per heavy atom. The number of nitrogens with zero attached hydrogens (tertiary/aromatic N) is 2. The van der Waals surface area contributed by atoms with E-state index in [1.807, 2.05) is 62.4 Å². The van der Waals surface area contributed by atoms with Gasteiger partial charge in [0.2, 0.25) is 0 Å². The van der Waals surface area contributed by atoms with E-state index in [0.29, 0.717) is 34.9 Å². The second kappa shape index (κ2) is 10.1. The molecule has 170 valence electrons. The lowest BCUT2D eigenvalue weighted by Crippen LogP contribution is -2.28. The van der Waals surface area contributed by atoms with Crippen molar-refractivity contribution in [3.63, 3.8) is 0 Å². The van der Waals surface area contributed by atoms with Crippen LogP contribution in [0.15, 0.2) is 75.2 Å².